The lowest BCUT2D eigenvalue weighted by Gasteiger charge is -2.10. The average Bonchev–Trinajstić information content (AvgIpc) is 2.93. The number of phenolic OH excluding ortho intramolecular Hbond substituents is 1. The fraction of sp³-hybridized carbons (Fsp3) is 0.400. The van der Waals surface area contributed by atoms with Gasteiger partial charge in [0.05, 0.1) is 0 Å². The molecule has 1 unspecified atom stereocenters. The van der Waals surface area contributed by atoms with Crippen LogP contribution in [0.5, 0.6) is 5.75 Å². The summed E-state index contributed by atoms with van der Waals surface area (Å²) in [7, 11) is 0. The van der Waals surface area contributed by atoms with E-state index in [0.717, 1.165) is 18.4 Å². The molecule has 1 N–H and O–H groups in total. The monoisotopic (exact) mass is 245 g/mol. The molecule has 1 aromatic carbocycles. The molecule has 82 valence electrons. The van der Waals surface area contributed by atoms with Crippen LogP contribution >= 0.6 is 11.6 Å². The van der Waals surface area contributed by atoms with Crippen molar-refractivity contribution in [1.29, 1.82) is 0 Å². The zero-order valence-corrected chi connectivity index (χ0v) is 9.48. The molecule has 1 fully saturated rings. The molecular weight excluding hydrogens is 236 g/mol. The van der Waals surface area contributed by atoms with Gasteiger partial charge in [-0.15, -0.1) is 0 Å². The van der Waals surface area contributed by atoms with Crippen LogP contribution in [0, 0.1) is 0 Å². The molecule has 0 bridgehead atoms. The second-order valence-electron chi connectivity index (χ2n) is 3.72. The summed E-state index contributed by atoms with van der Waals surface area (Å²) in [6.45, 7) is 0. The quantitative estimate of drug-likeness (QED) is 0.832. The van der Waals surface area contributed by atoms with Gasteiger partial charge < -0.3 is 9.66 Å². The van der Waals surface area contributed by atoms with E-state index in [1.54, 1.807) is 6.07 Å². The Bertz CT molecular complexity index is 415. The molecule has 15 heavy (non-hydrogen) atoms. The molecule has 0 aromatic heterocycles. The predicted molar refractivity (Wildman–Crippen MR) is 57.7 cm³/mol. The molecule has 0 aliphatic heterocycles. The molecule has 3 nitrogen and oxygen atoms in total. The molecule has 5 heteroatoms. The number of benzene rings is 1. The first-order chi connectivity index (χ1) is 7.08. The summed E-state index contributed by atoms with van der Waals surface area (Å²) in [6, 6.07) is 3.13. The van der Waals surface area contributed by atoms with Gasteiger partial charge in [-0.1, -0.05) is 22.7 Å². The van der Waals surface area contributed by atoms with Crippen molar-refractivity contribution >= 4 is 22.7 Å². The van der Waals surface area contributed by atoms with E-state index < -0.39 is 11.1 Å². The number of phenols is 1. The highest BCUT2D eigenvalue weighted by Crippen LogP contribution is 2.45. The standard InChI is InChI=1S/C10H11ClO3S/c11-9-4-8(6-1-2-6)10(12)3-7(9)5-15(13)14/h3-4,6,12H,1-2,5H2,(H,13,14)/p-1. The lowest BCUT2D eigenvalue weighted by atomic mass is 10.1. The molecule has 0 heterocycles. The molecule has 0 radical (unpaired) electrons. The summed E-state index contributed by atoms with van der Waals surface area (Å²) in [5.41, 5.74) is 1.28. The van der Waals surface area contributed by atoms with Crippen LogP contribution in [0.3, 0.4) is 0 Å². The van der Waals surface area contributed by atoms with E-state index in [1.807, 2.05) is 0 Å². The molecule has 1 atom stereocenters. The minimum Gasteiger partial charge on any atom is -0.772 e. The van der Waals surface area contributed by atoms with Gasteiger partial charge in [0.25, 0.3) is 0 Å². The Morgan fingerprint density at radius 1 is 1.53 bits per heavy atom. The van der Waals surface area contributed by atoms with Crippen LogP contribution in [0.25, 0.3) is 0 Å². The van der Waals surface area contributed by atoms with Gasteiger partial charge in [-0.2, -0.15) is 0 Å². The smallest absolute Gasteiger partial charge is 0.119 e. The van der Waals surface area contributed by atoms with Crippen LogP contribution in [0.4, 0.5) is 0 Å². The van der Waals surface area contributed by atoms with Gasteiger partial charge in [0.15, 0.2) is 0 Å². The van der Waals surface area contributed by atoms with Gasteiger partial charge in [-0.3, -0.25) is 4.21 Å². The SMILES string of the molecule is O=S([O-])Cc1cc(O)c(C2CC2)cc1Cl. The first kappa shape index (κ1) is 10.9. The van der Waals surface area contributed by atoms with E-state index in [1.165, 1.54) is 6.07 Å². The van der Waals surface area contributed by atoms with Crippen LogP contribution in [0.15, 0.2) is 12.1 Å². The van der Waals surface area contributed by atoms with Crippen molar-refractivity contribution in [2.24, 2.45) is 0 Å². The van der Waals surface area contributed by atoms with Gasteiger partial charge in [0, 0.05) is 10.8 Å². The molecule has 1 aliphatic rings. The van der Waals surface area contributed by atoms with Crippen molar-refractivity contribution in [3.63, 3.8) is 0 Å². The summed E-state index contributed by atoms with van der Waals surface area (Å²) < 4.78 is 21.0. The molecule has 2 rings (SSSR count). The number of aromatic hydroxyl groups is 1. The number of hydrogen-bond donors (Lipinski definition) is 1. The van der Waals surface area contributed by atoms with Gasteiger partial charge in [-0.05, 0) is 42.0 Å². The topological polar surface area (TPSA) is 60.4 Å². The maximum Gasteiger partial charge on any atom is 0.119 e. The highest BCUT2D eigenvalue weighted by Gasteiger charge is 2.27. The van der Waals surface area contributed by atoms with E-state index >= 15 is 0 Å². The average molecular weight is 246 g/mol. The molecule has 0 saturated heterocycles. The fourth-order valence-corrected chi connectivity index (χ4v) is 2.39. The Morgan fingerprint density at radius 2 is 2.20 bits per heavy atom. The summed E-state index contributed by atoms with van der Waals surface area (Å²) in [4.78, 5) is 0. The predicted octanol–water partition coefficient (Wildman–Crippen LogP) is 2.30. The van der Waals surface area contributed by atoms with Gasteiger partial charge in [0.2, 0.25) is 0 Å². The minimum absolute atomic E-state index is 0.155. The normalized spacial score (nSPS) is 17.7. The van der Waals surface area contributed by atoms with Crippen molar-refractivity contribution in [3.05, 3.63) is 28.3 Å². The van der Waals surface area contributed by atoms with Crippen molar-refractivity contribution in [2.75, 3.05) is 0 Å². The van der Waals surface area contributed by atoms with Gasteiger partial charge in [0.1, 0.15) is 5.75 Å². The molecule has 1 saturated carbocycles. The van der Waals surface area contributed by atoms with E-state index in [2.05, 4.69) is 0 Å². The zero-order chi connectivity index (χ0) is 11.0. The summed E-state index contributed by atoms with van der Waals surface area (Å²) in [5.74, 6) is 0.397. The van der Waals surface area contributed by atoms with Crippen molar-refractivity contribution in [1.82, 2.24) is 0 Å². The Kier molecular flexibility index (Phi) is 3.00. The van der Waals surface area contributed by atoms with Crippen LogP contribution in [0.2, 0.25) is 5.02 Å². The Labute approximate surface area is 95.4 Å². The first-order valence-corrected chi connectivity index (χ1v) is 6.27. The third kappa shape index (κ3) is 2.51. The summed E-state index contributed by atoms with van der Waals surface area (Å²) in [6.07, 6.45) is 2.13. The minimum atomic E-state index is -2.18. The molecular formula is C10H10ClO3S-. The third-order valence-corrected chi connectivity index (χ3v) is 3.38. The van der Waals surface area contributed by atoms with Crippen molar-refractivity contribution in [3.8, 4) is 5.75 Å². The Hall–Kier alpha value is -0.580. The lowest BCUT2D eigenvalue weighted by Crippen LogP contribution is -1.95. The van der Waals surface area contributed by atoms with E-state index in [4.69, 9.17) is 11.6 Å². The lowest BCUT2D eigenvalue weighted by molar-refractivity contribution is 0.467. The third-order valence-electron chi connectivity index (χ3n) is 2.49. The highest BCUT2D eigenvalue weighted by atomic mass is 35.5. The van der Waals surface area contributed by atoms with Crippen LogP contribution < -0.4 is 0 Å². The maximum atomic E-state index is 10.5. The largest absolute Gasteiger partial charge is 0.772 e. The van der Waals surface area contributed by atoms with Crippen molar-refractivity contribution in [2.45, 2.75) is 24.5 Å². The highest BCUT2D eigenvalue weighted by molar-refractivity contribution is 7.78. The van der Waals surface area contributed by atoms with Gasteiger partial charge in [-0.25, -0.2) is 0 Å². The molecule has 0 spiro atoms. The Morgan fingerprint density at radius 3 is 2.73 bits per heavy atom. The maximum absolute atomic E-state index is 10.5. The van der Waals surface area contributed by atoms with Crippen LogP contribution in [-0.2, 0) is 16.8 Å². The first-order valence-electron chi connectivity index (χ1n) is 4.65. The van der Waals surface area contributed by atoms with Crippen molar-refractivity contribution < 1.29 is 13.9 Å². The number of halogens is 1. The van der Waals surface area contributed by atoms with Crippen LogP contribution in [0.1, 0.15) is 29.9 Å². The van der Waals surface area contributed by atoms with E-state index in [0.29, 0.717) is 16.5 Å². The van der Waals surface area contributed by atoms with E-state index in [9.17, 15) is 13.9 Å². The molecule has 1 aliphatic carbocycles. The second-order valence-corrected chi connectivity index (χ2v) is 5.03. The second kappa shape index (κ2) is 4.12. The Balaban J connectivity index is 2.33. The van der Waals surface area contributed by atoms with Crippen LogP contribution in [-0.4, -0.2) is 13.9 Å². The van der Waals surface area contributed by atoms with Gasteiger partial charge >= 0.3 is 0 Å². The number of rotatable bonds is 3. The fourth-order valence-electron chi connectivity index (χ4n) is 1.58. The molecule has 0 amide bonds. The molecule has 1 aromatic rings. The summed E-state index contributed by atoms with van der Waals surface area (Å²) in [5, 5.41) is 10.1. The summed E-state index contributed by atoms with van der Waals surface area (Å²) >= 11 is 3.75. The van der Waals surface area contributed by atoms with E-state index in [-0.39, 0.29) is 11.5 Å². The number of hydrogen-bond acceptors (Lipinski definition) is 3. The zero-order valence-electron chi connectivity index (χ0n) is 7.90.